The number of likely N-dealkylation sites (N-methyl/N-ethyl adjacent to an activating group) is 1. The molecule has 1 atom stereocenters. The molecule has 1 unspecified atom stereocenters. The van der Waals surface area contributed by atoms with Crippen molar-refractivity contribution < 1.29 is 14.7 Å². The fourth-order valence-electron chi connectivity index (χ4n) is 1.78. The summed E-state index contributed by atoms with van der Waals surface area (Å²) >= 11 is 0. The number of hydrogen-bond donors (Lipinski definition) is 1. The highest BCUT2D eigenvalue weighted by atomic mass is 16.4. The number of urea groups is 1. The van der Waals surface area contributed by atoms with Crippen LogP contribution in [0.4, 0.5) is 4.79 Å². The van der Waals surface area contributed by atoms with Gasteiger partial charge in [0.05, 0.1) is 6.54 Å². The van der Waals surface area contributed by atoms with Gasteiger partial charge in [-0.1, -0.05) is 0 Å². The van der Waals surface area contributed by atoms with Crippen molar-refractivity contribution >= 4 is 12.0 Å². The van der Waals surface area contributed by atoms with Crippen LogP contribution in [0.3, 0.4) is 0 Å². The third-order valence-electron chi connectivity index (χ3n) is 3.15. The number of hydrogen-bond acceptors (Lipinski definition) is 4. The van der Waals surface area contributed by atoms with Crippen LogP contribution in [-0.4, -0.2) is 61.3 Å². The minimum atomic E-state index is -1.02. The first-order valence-electron chi connectivity index (χ1n) is 5.62. The van der Waals surface area contributed by atoms with Gasteiger partial charge in [0, 0.05) is 20.1 Å². The second kappa shape index (κ2) is 4.63. The largest absolute Gasteiger partial charge is 0.480 e. The monoisotopic (exact) mass is 253 g/mol. The summed E-state index contributed by atoms with van der Waals surface area (Å²) in [5, 5.41) is 16.6. The highest BCUT2D eigenvalue weighted by Crippen LogP contribution is 2.12. The van der Waals surface area contributed by atoms with Crippen LogP contribution in [0.25, 0.3) is 0 Å². The third kappa shape index (κ3) is 2.13. The van der Waals surface area contributed by atoms with E-state index in [0.29, 0.717) is 25.5 Å². The minimum absolute atomic E-state index is 0.306. The van der Waals surface area contributed by atoms with Gasteiger partial charge in [-0.3, -0.25) is 0 Å². The number of carboxylic acid groups (broad SMARTS) is 1. The van der Waals surface area contributed by atoms with Crippen LogP contribution in [-0.2, 0) is 17.9 Å². The Kier molecular flexibility index (Phi) is 3.17. The molecule has 2 heterocycles. The fourth-order valence-corrected chi connectivity index (χ4v) is 1.78. The summed E-state index contributed by atoms with van der Waals surface area (Å²) in [6.07, 6.45) is 1.63. The number of amides is 2. The van der Waals surface area contributed by atoms with E-state index in [9.17, 15) is 9.59 Å². The highest BCUT2D eigenvalue weighted by molar-refractivity contribution is 5.82. The fraction of sp³-hybridized carbons (Fsp3) is 0.600. The normalized spacial score (nSPS) is 16.0. The number of carbonyl (C=O) groups is 2. The maximum absolute atomic E-state index is 12.1. The summed E-state index contributed by atoms with van der Waals surface area (Å²) in [4.78, 5) is 25.7. The molecule has 98 valence electrons. The summed E-state index contributed by atoms with van der Waals surface area (Å²) in [6, 6.07) is -1.16. The Morgan fingerprint density at radius 2 is 2.22 bits per heavy atom. The molecule has 1 aliphatic rings. The van der Waals surface area contributed by atoms with Crippen LogP contribution in [0.2, 0.25) is 0 Å². The van der Waals surface area contributed by atoms with Gasteiger partial charge in [0.1, 0.15) is 12.4 Å². The second-order valence-electron chi connectivity index (χ2n) is 4.27. The molecule has 2 rings (SSSR count). The number of fused-ring (bicyclic) bond motifs is 1. The summed E-state index contributed by atoms with van der Waals surface area (Å²) < 4.78 is 1.88. The lowest BCUT2D eigenvalue weighted by Gasteiger charge is -2.32. The topological polar surface area (TPSA) is 91.6 Å². The lowest BCUT2D eigenvalue weighted by molar-refractivity contribution is -0.141. The molecule has 1 aromatic rings. The van der Waals surface area contributed by atoms with E-state index in [1.165, 1.54) is 18.9 Å². The van der Waals surface area contributed by atoms with Crippen molar-refractivity contribution in [2.75, 3.05) is 13.6 Å². The van der Waals surface area contributed by atoms with E-state index in [1.54, 1.807) is 11.2 Å². The van der Waals surface area contributed by atoms with Gasteiger partial charge < -0.3 is 19.5 Å². The molecule has 1 aromatic heterocycles. The first kappa shape index (κ1) is 12.3. The van der Waals surface area contributed by atoms with Crippen molar-refractivity contribution in [2.24, 2.45) is 0 Å². The molecule has 0 aliphatic carbocycles. The zero-order valence-corrected chi connectivity index (χ0v) is 10.3. The van der Waals surface area contributed by atoms with Crippen LogP contribution in [0.5, 0.6) is 0 Å². The molecule has 18 heavy (non-hydrogen) atoms. The second-order valence-corrected chi connectivity index (χ2v) is 4.27. The molecule has 0 radical (unpaired) electrons. The van der Waals surface area contributed by atoms with Crippen molar-refractivity contribution in [3.05, 3.63) is 12.2 Å². The number of carboxylic acids is 1. The predicted octanol–water partition coefficient (Wildman–Crippen LogP) is -0.381. The van der Waals surface area contributed by atoms with E-state index in [2.05, 4.69) is 10.2 Å². The van der Waals surface area contributed by atoms with Gasteiger partial charge in [0.15, 0.2) is 5.82 Å². The van der Waals surface area contributed by atoms with Gasteiger partial charge in [-0.05, 0) is 6.92 Å². The third-order valence-corrected chi connectivity index (χ3v) is 3.15. The molecule has 0 saturated carbocycles. The zero-order valence-electron chi connectivity index (χ0n) is 10.3. The van der Waals surface area contributed by atoms with E-state index < -0.39 is 12.0 Å². The van der Waals surface area contributed by atoms with E-state index >= 15 is 0 Å². The smallest absolute Gasteiger partial charge is 0.326 e. The number of nitrogens with zero attached hydrogens (tertiary/aromatic N) is 5. The number of aliphatic carboxylic acids is 1. The van der Waals surface area contributed by atoms with Crippen LogP contribution < -0.4 is 0 Å². The molecule has 8 heteroatoms. The van der Waals surface area contributed by atoms with Crippen molar-refractivity contribution in [2.45, 2.75) is 26.1 Å². The summed E-state index contributed by atoms with van der Waals surface area (Å²) in [5.41, 5.74) is 0. The highest BCUT2D eigenvalue weighted by Gasteiger charge is 2.28. The molecule has 1 N–H and O–H groups in total. The maximum atomic E-state index is 12.1. The molecule has 0 bridgehead atoms. The minimum Gasteiger partial charge on any atom is -0.480 e. The molecule has 8 nitrogen and oxygen atoms in total. The Morgan fingerprint density at radius 3 is 2.89 bits per heavy atom. The Bertz CT molecular complexity index is 472. The standard InChI is InChI=1S/C10H15N5O3/c1-7(9(16)17)13(2)10(18)14-3-4-15-6-11-12-8(15)5-14/h6-7H,3-5H2,1-2H3,(H,16,17). The van der Waals surface area contributed by atoms with Gasteiger partial charge in [-0.15, -0.1) is 10.2 Å². The quantitative estimate of drug-likeness (QED) is 0.775. The van der Waals surface area contributed by atoms with Gasteiger partial charge in [0.25, 0.3) is 0 Å². The first-order valence-corrected chi connectivity index (χ1v) is 5.62. The lowest BCUT2D eigenvalue weighted by Crippen LogP contribution is -2.49. The van der Waals surface area contributed by atoms with Crippen molar-refractivity contribution in [1.29, 1.82) is 0 Å². The SMILES string of the molecule is CC(C(=O)O)N(C)C(=O)N1CCn2cnnc2C1. The van der Waals surface area contributed by atoms with E-state index in [4.69, 9.17) is 5.11 Å². The molecule has 0 fully saturated rings. The van der Waals surface area contributed by atoms with Crippen molar-refractivity contribution in [1.82, 2.24) is 24.6 Å². The summed E-state index contributed by atoms with van der Waals surface area (Å²) in [6.45, 7) is 2.99. The number of rotatable bonds is 2. The van der Waals surface area contributed by atoms with Crippen molar-refractivity contribution in [3.8, 4) is 0 Å². The zero-order chi connectivity index (χ0) is 13.3. The van der Waals surface area contributed by atoms with E-state index in [-0.39, 0.29) is 6.03 Å². The van der Waals surface area contributed by atoms with Crippen molar-refractivity contribution in [3.63, 3.8) is 0 Å². The average molecular weight is 253 g/mol. The molecular formula is C10H15N5O3. The molecule has 2 amide bonds. The van der Waals surface area contributed by atoms with Gasteiger partial charge in [-0.25, -0.2) is 9.59 Å². The van der Waals surface area contributed by atoms with Crippen LogP contribution in [0.15, 0.2) is 6.33 Å². The lowest BCUT2D eigenvalue weighted by atomic mass is 10.3. The molecule has 0 saturated heterocycles. The Hall–Kier alpha value is -2.12. The Labute approximate surface area is 104 Å². The number of carbonyl (C=O) groups excluding carboxylic acids is 1. The van der Waals surface area contributed by atoms with Gasteiger partial charge in [-0.2, -0.15) is 0 Å². The summed E-state index contributed by atoms with van der Waals surface area (Å²) in [7, 11) is 1.49. The number of aromatic nitrogens is 3. The van der Waals surface area contributed by atoms with Crippen LogP contribution in [0.1, 0.15) is 12.7 Å². The Morgan fingerprint density at radius 1 is 1.50 bits per heavy atom. The molecule has 1 aliphatic heterocycles. The molecular weight excluding hydrogens is 238 g/mol. The first-order chi connectivity index (χ1) is 8.50. The van der Waals surface area contributed by atoms with Crippen LogP contribution >= 0.6 is 0 Å². The summed E-state index contributed by atoms with van der Waals surface area (Å²) in [5.74, 6) is -0.308. The van der Waals surface area contributed by atoms with Gasteiger partial charge >= 0.3 is 12.0 Å². The van der Waals surface area contributed by atoms with E-state index in [1.807, 2.05) is 4.57 Å². The predicted molar refractivity (Wildman–Crippen MR) is 60.7 cm³/mol. The molecule has 0 aromatic carbocycles. The Balaban J connectivity index is 2.05. The van der Waals surface area contributed by atoms with E-state index in [0.717, 1.165) is 0 Å². The van der Waals surface area contributed by atoms with Crippen LogP contribution in [0, 0.1) is 0 Å². The average Bonchev–Trinajstić information content (AvgIpc) is 2.82. The molecule has 0 spiro atoms. The van der Waals surface area contributed by atoms with Gasteiger partial charge in [0.2, 0.25) is 0 Å². The maximum Gasteiger partial charge on any atom is 0.326 e.